The van der Waals surface area contributed by atoms with Crippen molar-refractivity contribution in [1.82, 2.24) is 0 Å². The number of rotatable bonds is 6. The maximum absolute atomic E-state index is 12.1. The van der Waals surface area contributed by atoms with Crippen LogP contribution in [0.1, 0.15) is 19.8 Å². The highest BCUT2D eigenvalue weighted by molar-refractivity contribution is 7.86. The molecule has 0 unspecified atom stereocenters. The molecule has 1 aliphatic rings. The smallest absolute Gasteiger partial charge is 0.266 e. The minimum absolute atomic E-state index is 0.0483. The van der Waals surface area contributed by atoms with E-state index in [1.807, 2.05) is 19.1 Å². The Bertz CT molecular complexity index is 721. The third-order valence-electron chi connectivity index (χ3n) is 3.93. The first-order valence-electron chi connectivity index (χ1n) is 7.29. The van der Waals surface area contributed by atoms with Gasteiger partial charge in [0.05, 0.1) is 16.4 Å². The van der Waals surface area contributed by atoms with E-state index in [1.54, 1.807) is 0 Å². The molecule has 0 aromatic heterocycles. The van der Waals surface area contributed by atoms with Crippen molar-refractivity contribution in [2.45, 2.75) is 24.7 Å². The lowest BCUT2D eigenvalue weighted by molar-refractivity contribution is -0.384. The van der Waals surface area contributed by atoms with Crippen LogP contribution < -0.4 is 0 Å². The zero-order valence-corrected chi connectivity index (χ0v) is 13.7. The highest BCUT2D eigenvalue weighted by Crippen LogP contribution is 2.27. The Labute approximate surface area is 135 Å². The average Bonchev–Trinajstić information content (AvgIpc) is 2.53. The van der Waals surface area contributed by atoms with E-state index in [1.165, 1.54) is 12.1 Å². The summed E-state index contributed by atoms with van der Waals surface area (Å²) in [6, 6.07) is 4.66. The van der Waals surface area contributed by atoms with E-state index in [-0.39, 0.29) is 29.0 Å². The van der Waals surface area contributed by atoms with E-state index >= 15 is 0 Å². The van der Waals surface area contributed by atoms with Crippen molar-refractivity contribution in [2.24, 2.45) is 11.8 Å². The van der Waals surface area contributed by atoms with Gasteiger partial charge < -0.3 is 0 Å². The predicted molar refractivity (Wildman–Crippen MR) is 86.4 cm³/mol. The van der Waals surface area contributed by atoms with Crippen molar-refractivity contribution in [3.05, 3.63) is 58.7 Å². The van der Waals surface area contributed by atoms with Gasteiger partial charge in [-0.25, -0.2) is 0 Å². The second-order valence-corrected chi connectivity index (χ2v) is 7.30. The number of hydrogen-bond donors (Lipinski definition) is 0. The molecule has 0 heterocycles. The number of nitrogens with zero attached hydrogens (tertiary/aromatic N) is 1. The molecular formula is C16H19NO5S. The number of benzene rings is 1. The minimum Gasteiger partial charge on any atom is -0.266 e. The van der Waals surface area contributed by atoms with Gasteiger partial charge in [0.15, 0.2) is 0 Å². The molecule has 7 heteroatoms. The van der Waals surface area contributed by atoms with Gasteiger partial charge in [-0.2, -0.15) is 8.42 Å². The highest BCUT2D eigenvalue weighted by atomic mass is 32.2. The van der Waals surface area contributed by atoms with E-state index in [0.717, 1.165) is 30.5 Å². The molecule has 0 fully saturated rings. The number of hydrogen-bond acceptors (Lipinski definition) is 5. The lowest BCUT2D eigenvalue weighted by Gasteiger charge is -2.23. The van der Waals surface area contributed by atoms with Crippen molar-refractivity contribution >= 4 is 15.8 Å². The van der Waals surface area contributed by atoms with Gasteiger partial charge in [-0.05, 0) is 36.8 Å². The van der Waals surface area contributed by atoms with Crippen LogP contribution in [-0.4, -0.2) is 19.9 Å². The summed E-state index contributed by atoms with van der Waals surface area (Å²) in [4.78, 5) is 9.93. The van der Waals surface area contributed by atoms with Gasteiger partial charge in [-0.15, -0.1) is 0 Å². The van der Waals surface area contributed by atoms with Crippen LogP contribution in [0.4, 0.5) is 5.69 Å². The Morgan fingerprint density at radius 3 is 2.57 bits per heavy atom. The molecule has 0 N–H and O–H groups in total. The van der Waals surface area contributed by atoms with Crippen molar-refractivity contribution in [3.63, 3.8) is 0 Å². The van der Waals surface area contributed by atoms with E-state index < -0.39 is 15.0 Å². The zero-order valence-electron chi connectivity index (χ0n) is 12.8. The normalized spacial score (nSPS) is 19.5. The zero-order chi connectivity index (χ0) is 17.0. The molecule has 1 aromatic carbocycles. The summed E-state index contributed by atoms with van der Waals surface area (Å²) < 4.78 is 29.4. The monoisotopic (exact) mass is 337 g/mol. The molecule has 23 heavy (non-hydrogen) atoms. The van der Waals surface area contributed by atoms with Crippen LogP contribution >= 0.6 is 0 Å². The lowest BCUT2D eigenvalue weighted by Crippen LogP contribution is -2.20. The molecule has 0 bridgehead atoms. The van der Waals surface area contributed by atoms with Gasteiger partial charge in [0.25, 0.3) is 15.8 Å². The van der Waals surface area contributed by atoms with Gasteiger partial charge in [0.2, 0.25) is 0 Å². The summed E-state index contributed by atoms with van der Waals surface area (Å²) in [5.74, 6) is 0.305. The topological polar surface area (TPSA) is 86.5 Å². The van der Waals surface area contributed by atoms with Crippen LogP contribution in [-0.2, 0) is 14.3 Å². The van der Waals surface area contributed by atoms with Gasteiger partial charge in [-0.3, -0.25) is 14.3 Å². The average molecular weight is 337 g/mol. The van der Waals surface area contributed by atoms with Crippen LogP contribution in [0.3, 0.4) is 0 Å². The quantitative estimate of drug-likeness (QED) is 0.451. The molecule has 2 atom stereocenters. The second-order valence-electron chi connectivity index (χ2n) is 5.69. The van der Waals surface area contributed by atoms with Crippen molar-refractivity contribution in [1.29, 1.82) is 0 Å². The van der Waals surface area contributed by atoms with Crippen LogP contribution in [0, 0.1) is 22.0 Å². The molecule has 0 radical (unpaired) electrons. The fourth-order valence-electron chi connectivity index (χ4n) is 2.39. The summed E-state index contributed by atoms with van der Waals surface area (Å²) >= 11 is 0. The molecule has 0 saturated carbocycles. The fraction of sp³-hybridized carbons (Fsp3) is 0.375. The fourth-order valence-corrected chi connectivity index (χ4v) is 3.39. The predicted octanol–water partition coefficient (Wildman–Crippen LogP) is 3.46. The largest absolute Gasteiger partial charge is 0.296 e. The summed E-state index contributed by atoms with van der Waals surface area (Å²) in [5.41, 5.74) is 0.915. The van der Waals surface area contributed by atoms with Crippen molar-refractivity contribution < 1.29 is 17.5 Å². The number of allylic oxidation sites excluding steroid dienone is 3. The molecule has 1 aromatic rings. The van der Waals surface area contributed by atoms with Crippen molar-refractivity contribution in [2.75, 3.05) is 6.61 Å². The molecule has 2 rings (SSSR count). The Hall–Kier alpha value is -1.99. The Balaban J connectivity index is 1.99. The Kier molecular flexibility index (Phi) is 5.33. The molecular weight excluding hydrogens is 318 g/mol. The highest BCUT2D eigenvalue weighted by Gasteiger charge is 2.22. The van der Waals surface area contributed by atoms with Crippen LogP contribution in [0.2, 0.25) is 0 Å². The first-order chi connectivity index (χ1) is 10.8. The summed E-state index contributed by atoms with van der Waals surface area (Å²) in [7, 11) is -3.91. The Morgan fingerprint density at radius 1 is 1.39 bits per heavy atom. The van der Waals surface area contributed by atoms with Gasteiger partial charge >= 0.3 is 0 Å². The molecule has 0 spiro atoms. The maximum atomic E-state index is 12.1. The number of nitro benzene ring substituents is 1. The molecule has 1 aliphatic carbocycles. The SMILES string of the molecule is C=C1C=C[C@H]([C@H](C)COS(=O)(=O)c2ccc([N+](=O)[O-])cc2)CC1. The van der Waals surface area contributed by atoms with E-state index in [0.29, 0.717) is 0 Å². The van der Waals surface area contributed by atoms with Crippen LogP contribution in [0.15, 0.2) is 53.5 Å². The van der Waals surface area contributed by atoms with Gasteiger partial charge in [0, 0.05) is 12.1 Å². The first kappa shape index (κ1) is 17.4. The molecule has 0 amide bonds. The third kappa shape index (κ3) is 4.49. The summed E-state index contributed by atoms with van der Waals surface area (Å²) in [6.07, 6.45) is 5.84. The number of nitro groups is 1. The van der Waals surface area contributed by atoms with Crippen LogP contribution in [0.5, 0.6) is 0 Å². The van der Waals surface area contributed by atoms with Crippen LogP contribution in [0.25, 0.3) is 0 Å². The molecule has 0 aliphatic heterocycles. The summed E-state index contributed by atoms with van der Waals surface area (Å²) in [6.45, 7) is 5.90. The van der Waals surface area contributed by atoms with Gasteiger partial charge in [0.1, 0.15) is 0 Å². The second kappa shape index (κ2) is 7.06. The van der Waals surface area contributed by atoms with Crippen molar-refractivity contribution in [3.8, 4) is 0 Å². The molecule has 6 nitrogen and oxygen atoms in total. The van der Waals surface area contributed by atoms with E-state index in [4.69, 9.17) is 4.18 Å². The van der Waals surface area contributed by atoms with Gasteiger partial charge in [-0.1, -0.05) is 31.2 Å². The molecule has 124 valence electrons. The standard InChI is InChI=1S/C16H19NO5S/c1-12-3-5-14(6-4-12)13(2)11-22-23(20,21)16-9-7-15(8-10-16)17(18)19/h3,5,7-10,13-14H,1,4,6,11H2,2H3/t13-,14+/m1/s1. The lowest BCUT2D eigenvalue weighted by atomic mass is 9.85. The first-order valence-corrected chi connectivity index (χ1v) is 8.70. The Morgan fingerprint density at radius 2 is 2.04 bits per heavy atom. The third-order valence-corrected chi connectivity index (χ3v) is 5.23. The maximum Gasteiger partial charge on any atom is 0.296 e. The van der Waals surface area contributed by atoms with E-state index in [9.17, 15) is 18.5 Å². The summed E-state index contributed by atoms with van der Waals surface area (Å²) in [5, 5.41) is 10.6. The van der Waals surface area contributed by atoms with E-state index in [2.05, 4.69) is 6.58 Å². The number of non-ortho nitro benzene ring substituents is 1. The minimum atomic E-state index is -3.91. The molecule has 0 saturated heterocycles.